The quantitative estimate of drug-likeness (QED) is 0.652. The van der Waals surface area contributed by atoms with Gasteiger partial charge < -0.3 is 10.1 Å². The highest BCUT2D eigenvalue weighted by atomic mass is 32.2. The lowest BCUT2D eigenvalue weighted by atomic mass is 10.0. The topological polar surface area (TPSA) is 92.8 Å². The maximum absolute atomic E-state index is 12.5. The number of likely N-dealkylation sites (N-methyl/N-ethyl adjacent to an activating group) is 1. The molecule has 3 rings (SSSR count). The van der Waals surface area contributed by atoms with E-state index in [1.165, 1.54) is 18.4 Å². The van der Waals surface area contributed by atoms with Crippen molar-refractivity contribution in [3.05, 3.63) is 45.8 Å². The van der Waals surface area contributed by atoms with E-state index in [4.69, 9.17) is 4.74 Å². The Morgan fingerprint density at radius 2 is 1.93 bits per heavy atom. The lowest BCUT2D eigenvalue weighted by Crippen LogP contribution is -2.30. The highest BCUT2D eigenvalue weighted by molar-refractivity contribution is 7.91. The van der Waals surface area contributed by atoms with E-state index < -0.39 is 21.7 Å². The minimum Gasteiger partial charge on any atom is -0.465 e. The van der Waals surface area contributed by atoms with Crippen LogP contribution in [0.25, 0.3) is 0 Å². The minimum absolute atomic E-state index is 0.194. The number of nitrogens with one attached hydrogen (secondary N) is 1. The maximum Gasteiger partial charge on any atom is 0.341 e. The number of ether oxygens (including phenoxy) is 1. The van der Waals surface area contributed by atoms with Gasteiger partial charge in [-0.2, -0.15) is 0 Å². The van der Waals surface area contributed by atoms with Crippen LogP contribution in [0.3, 0.4) is 0 Å². The summed E-state index contributed by atoms with van der Waals surface area (Å²) in [6.07, 6.45) is 0.516. The number of amides is 1. The summed E-state index contributed by atoms with van der Waals surface area (Å²) in [6, 6.07) is 6.55. The molecule has 0 saturated carbocycles. The number of anilines is 1. The van der Waals surface area contributed by atoms with Crippen molar-refractivity contribution in [3.63, 3.8) is 0 Å². The van der Waals surface area contributed by atoms with Gasteiger partial charge in [0, 0.05) is 24.4 Å². The lowest BCUT2D eigenvalue weighted by Gasteiger charge is -2.25. The molecular weight excluding hydrogens is 424 g/mol. The Labute approximate surface area is 181 Å². The molecule has 7 nitrogen and oxygen atoms in total. The smallest absolute Gasteiger partial charge is 0.341 e. The fraction of sp³-hybridized carbons (Fsp3) is 0.429. The van der Waals surface area contributed by atoms with E-state index in [9.17, 15) is 18.0 Å². The first-order valence-electron chi connectivity index (χ1n) is 9.79. The minimum atomic E-state index is -3.56. The summed E-state index contributed by atoms with van der Waals surface area (Å²) in [4.78, 5) is 28.4. The van der Waals surface area contributed by atoms with Crippen molar-refractivity contribution in [2.75, 3.05) is 31.3 Å². The van der Waals surface area contributed by atoms with Crippen molar-refractivity contribution in [2.24, 2.45) is 0 Å². The van der Waals surface area contributed by atoms with Crippen LogP contribution in [0.4, 0.5) is 5.00 Å². The Balaban J connectivity index is 1.74. The van der Waals surface area contributed by atoms with Crippen LogP contribution in [0.15, 0.2) is 29.2 Å². The number of carbonyl (C=O) groups is 2. The summed E-state index contributed by atoms with van der Waals surface area (Å²) in [5.41, 5.74) is 2.27. The predicted molar refractivity (Wildman–Crippen MR) is 117 cm³/mol. The molecule has 0 atom stereocenters. The van der Waals surface area contributed by atoms with Gasteiger partial charge in [0.15, 0.2) is 9.84 Å². The van der Waals surface area contributed by atoms with E-state index in [1.807, 2.05) is 6.92 Å². The number of sulfone groups is 1. The van der Waals surface area contributed by atoms with Crippen LogP contribution in [0.1, 0.15) is 39.7 Å². The summed E-state index contributed by atoms with van der Waals surface area (Å²) < 4.78 is 29.9. The first-order valence-corrected chi connectivity index (χ1v) is 12.3. The number of esters is 1. The van der Waals surface area contributed by atoms with Crippen molar-refractivity contribution in [2.45, 2.75) is 38.1 Å². The van der Waals surface area contributed by atoms with E-state index >= 15 is 0 Å². The average molecular weight is 451 g/mol. The summed E-state index contributed by atoms with van der Waals surface area (Å²) in [5.74, 6) is -1.23. The fourth-order valence-electron chi connectivity index (χ4n) is 3.41. The molecule has 2 heterocycles. The van der Waals surface area contributed by atoms with Crippen molar-refractivity contribution < 1.29 is 22.7 Å². The normalized spacial score (nSPS) is 14.2. The van der Waals surface area contributed by atoms with Gasteiger partial charge >= 0.3 is 5.97 Å². The monoisotopic (exact) mass is 450 g/mol. The molecule has 1 aromatic carbocycles. The highest BCUT2D eigenvalue weighted by Crippen LogP contribution is 2.37. The Morgan fingerprint density at radius 1 is 1.23 bits per heavy atom. The summed E-state index contributed by atoms with van der Waals surface area (Å²) in [5, 5.41) is 3.18. The predicted octanol–water partition coefficient (Wildman–Crippen LogP) is 3.02. The molecule has 0 spiro atoms. The van der Waals surface area contributed by atoms with Crippen LogP contribution in [0.2, 0.25) is 0 Å². The van der Waals surface area contributed by atoms with Gasteiger partial charge in [0.25, 0.3) is 0 Å². The Morgan fingerprint density at radius 3 is 2.57 bits per heavy atom. The van der Waals surface area contributed by atoms with Crippen molar-refractivity contribution in [1.29, 1.82) is 0 Å². The van der Waals surface area contributed by atoms with Gasteiger partial charge in [-0.05, 0) is 37.6 Å². The number of methoxy groups -OCH3 is 1. The zero-order valence-electron chi connectivity index (χ0n) is 17.4. The van der Waals surface area contributed by atoms with Gasteiger partial charge in [0.2, 0.25) is 5.91 Å². The van der Waals surface area contributed by atoms with E-state index in [2.05, 4.69) is 17.1 Å². The Bertz CT molecular complexity index is 1040. The highest BCUT2D eigenvalue weighted by Gasteiger charge is 2.29. The molecule has 0 unspecified atom stereocenters. The second kappa shape index (κ2) is 9.28. The van der Waals surface area contributed by atoms with E-state index in [0.717, 1.165) is 35.6 Å². The van der Waals surface area contributed by atoms with Gasteiger partial charge in [-0.3, -0.25) is 9.69 Å². The number of carbonyl (C=O) groups excluding carboxylic acids is 2. The van der Waals surface area contributed by atoms with E-state index in [-0.39, 0.29) is 17.1 Å². The third kappa shape index (κ3) is 4.91. The maximum atomic E-state index is 12.5. The van der Waals surface area contributed by atoms with Crippen LogP contribution >= 0.6 is 11.3 Å². The summed E-state index contributed by atoms with van der Waals surface area (Å²) in [7, 11) is -2.25. The van der Waals surface area contributed by atoms with Crippen LogP contribution in [0.5, 0.6) is 0 Å². The molecule has 1 aliphatic rings. The molecule has 9 heteroatoms. The van der Waals surface area contributed by atoms with Crippen LogP contribution in [0, 0.1) is 6.92 Å². The number of nitrogens with zero attached hydrogens (tertiary/aromatic N) is 1. The molecule has 0 saturated heterocycles. The van der Waals surface area contributed by atoms with Gasteiger partial charge in [0.05, 0.1) is 23.3 Å². The molecule has 162 valence electrons. The third-order valence-corrected chi connectivity index (χ3v) is 8.07. The van der Waals surface area contributed by atoms with Gasteiger partial charge in [-0.25, -0.2) is 13.2 Å². The molecular formula is C21H26N2O5S2. The Hall–Kier alpha value is -2.23. The SMILES string of the molecule is CCN1CCc2c(sc(NC(=O)CCS(=O)(=O)c3ccc(C)cc3)c2C(=O)OC)C1. The van der Waals surface area contributed by atoms with Gasteiger partial charge in [-0.15, -0.1) is 11.3 Å². The number of aryl methyl sites for hydroxylation is 1. The zero-order valence-corrected chi connectivity index (χ0v) is 19.0. The number of fused-ring (bicyclic) bond motifs is 1. The second-order valence-electron chi connectivity index (χ2n) is 7.25. The molecule has 0 bridgehead atoms. The fourth-order valence-corrected chi connectivity index (χ4v) is 5.95. The molecule has 2 aromatic rings. The number of hydrogen-bond acceptors (Lipinski definition) is 7. The first kappa shape index (κ1) is 22.5. The molecule has 1 aromatic heterocycles. The van der Waals surface area contributed by atoms with Crippen LogP contribution < -0.4 is 5.32 Å². The molecule has 30 heavy (non-hydrogen) atoms. The van der Waals surface area contributed by atoms with Crippen molar-refractivity contribution in [1.82, 2.24) is 4.90 Å². The number of hydrogen-bond donors (Lipinski definition) is 1. The third-order valence-electron chi connectivity index (χ3n) is 5.20. The molecule has 0 fully saturated rings. The first-order chi connectivity index (χ1) is 14.2. The van der Waals surface area contributed by atoms with Gasteiger partial charge in [0.1, 0.15) is 5.00 Å². The largest absolute Gasteiger partial charge is 0.465 e. The number of benzene rings is 1. The molecule has 1 aliphatic heterocycles. The second-order valence-corrected chi connectivity index (χ2v) is 10.5. The molecule has 0 radical (unpaired) electrons. The molecule has 0 aliphatic carbocycles. The van der Waals surface area contributed by atoms with Crippen molar-refractivity contribution in [3.8, 4) is 0 Å². The molecule has 1 N–H and O–H groups in total. The number of thiophene rings is 1. The standard InChI is InChI=1S/C21H26N2O5S2/c1-4-23-11-9-16-17(13-23)29-20(19(16)21(25)28-3)22-18(24)10-12-30(26,27)15-7-5-14(2)6-8-15/h5-8H,4,9-13H2,1-3H3,(H,22,24). The Kier molecular flexibility index (Phi) is 6.95. The molecule has 1 amide bonds. The van der Waals surface area contributed by atoms with Crippen LogP contribution in [-0.2, 0) is 32.3 Å². The van der Waals surface area contributed by atoms with Crippen molar-refractivity contribution >= 4 is 38.1 Å². The zero-order chi connectivity index (χ0) is 21.9. The lowest BCUT2D eigenvalue weighted by molar-refractivity contribution is -0.115. The van der Waals surface area contributed by atoms with E-state index in [0.29, 0.717) is 17.0 Å². The number of rotatable bonds is 7. The summed E-state index contributed by atoms with van der Waals surface area (Å²) >= 11 is 1.36. The van der Waals surface area contributed by atoms with E-state index in [1.54, 1.807) is 24.3 Å². The van der Waals surface area contributed by atoms with Crippen LogP contribution in [-0.4, -0.2) is 51.1 Å². The van der Waals surface area contributed by atoms with Gasteiger partial charge in [-0.1, -0.05) is 24.6 Å². The summed E-state index contributed by atoms with van der Waals surface area (Å²) in [6.45, 7) is 6.42. The average Bonchev–Trinajstić information content (AvgIpc) is 3.08.